The molecular formula is C15H25NO3. The molecule has 4 nitrogen and oxygen atoms in total. The van der Waals surface area contributed by atoms with E-state index >= 15 is 0 Å². The van der Waals surface area contributed by atoms with Crippen LogP contribution in [0.4, 0.5) is 0 Å². The van der Waals surface area contributed by atoms with Crippen molar-refractivity contribution in [1.82, 2.24) is 5.32 Å². The number of hydrogen-bond acceptors (Lipinski definition) is 4. The molecule has 0 amide bonds. The van der Waals surface area contributed by atoms with Gasteiger partial charge in [-0.1, -0.05) is 26.8 Å². The normalized spacial score (nSPS) is 12.5. The first-order chi connectivity index (χ1) is 9.06. The first kappa shape index (κ1) is 15.8. The standard InChI is InChI=1S/C15H25NO3/c1-11(2)16-8-12(3)10-19-14-6-5-13(9-17)7-15(14)18-4/h5-7,11-12,16-17H,8-10H2,1-4H3. The molecule has 0 bridgehead atoms. The molecule has 0 saturated carbocycles. The Morgan fingerprint density at radius 2 is 1.95 bits per heavy atom. The Morgan fingerprint density at radius 3 is 2.53 bits per heavy atom. The summed E-state index contributed by atoms with van der Waals surface area (Å²) >= 11 is 0. The van der Waals surface area contributed by atoms with Gasteiger partial charge in [-0.15, -0.1) is 0 Å². The van der Waals surface area contributed by atoms with Gasteiger partial charge in [0.25, 0.3) is 0 Å². The number of ether oxygens (including phenoxy) is 2. The van der Waals surface area contributed by atoms with Gasteiger partial charge < -0.3 is 19.9 Å². The lowest BCUT2D eigenvalue weighted by atomic mass is 10.2. The minimum absolute atomic E-state index is 0.00531. The molecule has 0 aliphatic rings. The van der Waals surface area contributed by atoms with E-state index in [1.165, 1.54) is 0 Å². The van der Waals surface area contributed by atoms with Gasteiger partial charge in [0, 0.05) is 18.5 Å². The maximum Gasteiger partial charge on any atom is 0.161 e. The van der Waals surface area contributed by atoms with E-state index in [2.05, 4.69) is 26.1 Å². The van der Waals surface area contributed by atoms with Gasteiger partial charge in [-0.3, -0.25) is 0 Å². The lowest BCUT2D eigenvalue weighted by molar-refractivity contribution is 0.241. The zero-order valence-electron chi connectivity index (χ0n) is 12.3. The smallest absolute Gasteiger partial charge is 0.161 e. The van der Waals surface area contributed by atoms with E-state index in [0.29, 0.717) is 24.3 Å². The second kappa shape index (κ2) is 8.02. The maximum atomic E-state index is 9.08. The number of rotatable bonds is 8. The minimum Gasteiger partial charge on any atom is -0.493 e. The molecule has 1 rings (SSSR count). The third-order valence-electron chi connectivity index (χ3n) is 2.81. The van der Waals surface area contributed by atoms with Crippen molar-refractivity contribution in [2.75, 3.05) is 20.3 Å². The third-order valence-corrected chi connectivity index (χ3v) is 2.81. The minimum atomic E-state index is 0.00531. The van der Waals surface area contributed by atoms with Crippen LogP contribution in [-0.2, 0) is 6.61 Å². The number of nitrogens with one attached hydrogen (secondary N) is 1. The van der Waals surface area contributed by atoms with Crippen LogP contribution in [0.3, 0.4) is 0 Å². The summed E-state index contributed by atoms with van der Waals surface area (Å²) < 4.78 is 11.0. The molecule has 2 N–H and O–H groups in total. The molecule has 0 aromatic heterocycles. The summed E-state index contributed by atoms with van der Waals surface area (Å²) in [6.45, 7) is 7.97. The molecule has 0 radical (unpaired) electrons. The van der Waals surface area contributed by atoms with Gasteiger partial charge in [-0.25, -0.2) is 0 Å². The fraction of sp³-hybridized carbons (Fsp3) is 0.600. The van der Waals surface area contributed by atoms with Crippen LogP contribution in [0.15, 0.2) is 18.2 Å². The molecule has 0 aliphatic carbocycles. The Bertz CT molecular complexity index is 380. The van der Waals surface area contributed by atoms with Gasteiger partial charge in [0.2, 0.25) is 0 Å². The van der Waals surface area contributed by atoms with Crippen LogP contribution in [0.5, 0.6) is 11.5 Å². The van der Waals surface area contributed by atoms with Crippen molar-refractivity contribution in [2.45, 2.75) is 33.4 Å². The van der Waals surface area contributed by atoms with Gasteiger partial charge >= 0.3 is 0 Å². The SMILES string of the molecule is COc1cc(CO)ccc1OCC(C)CNC(C)C. The molecule has 1 atom stereocenters. The number of methoxy groups -OCH3 is 1. The zero-order chi connectivity index (χ0) is 14.3. The topological polar surface area (TPSA) is 50.7 Å². The van der Waals surface area contributed by atoms with Crippen molar-refractivity contribution in [2.24, 2.45) is 5.92 Å². The molecule has 19 heavy (non-hydrogen) atoms. The zero-order valence-corrected chi connectivity index (χ0v) is 12.3. The largest absolute Gasteiger partial charge is 0.493 e. The first-order valence-electron chi connectivity index (χ1n) is 6.70. The molecule has 0 saturated heterocycles. The van der Waals surface area contributed by atoms with E-state index in [1.54, 1.807) is 13.2 Å². The second-order valence-corrected chi connectivity index (χ2v) is 5.12. The summed E-state index contributed by atoms with van der Waals surface area (Å²) in [5.41, 5.74) is 0.818. The van der Waals surface area contributed by atoms with Gasteiger partial charge in [0.05, 0.1) is 20.3 Å². The predicted octanol–water partition coefficient (Wildman–Crippen LogP) is 2.20. The van der Waals surface area contributed by atoms with Crippen LogP contribution < -0.4 is 14.8 Å². The van der Waals surface area contributed by atoms with E-state index in [-0.39, 0.29) is 6.61 Å². The van der Waals surface area contributed by atoms with Gasteiger partial charge in [0.15, 0.2) is 11.5 Å². The summed E-state index contributed by atoms with van der Waals surface area (Å²) in [5.74, 6) is 1.80. The molecule has 4 heteroatoms. The average molecular weight is 267 g/mol. The van der Waals surface area contributed by atoms with E-state index in [9.17, 15) is 0 Å². The molecule has 0 fully saturated rings. The van der Waals surface area contributed by atoms with Crippen molar-refractivity contribution in [3.63, 3.8) is 0 Å². The van der Waals surface area contributed by atoms with Crippen LogP contribution >= 0.6 is 0 Å². The van der Waals surface area contributed by atoms with E-state index in [1.807, 2.05) is 12.1 Å². The maximum absolute atomic E-state index is 9.08. The van der Waals surface area contributed by atoms with Gasteiger partial charge in [0.1, 0.15) is 0 Å². The van der Waals surface area contributed by atoms with Crippen LogP contribution in [0.2, 0.25) is 0 Å². The Kier molecular flexibility index (Phi) is 6.67. The highest BCUT2D eigenvalue weighted by atomic mass is 16.5. The Labute approximate surface area is 115 Å². The van der Waals surface area contributed by atoms with E-state index in [4.69, 9.17) is 14.6 Å². The highest BCUT2D eigenvalue weighted by Crippen LogP contribution is 2.28. The summed E-state index contributed by atoms with van der Waals surface area (Å²) in [6, 6.07) is 5.97. The Hall–Kier alpha value is -1.26. The van der Waals surface area contributed by atoms with Crippen molar-refractivity contribution in [1.29, 1.82) is 0 Å². The van der Waals surface area contributed by atoms with E-state index in [0.717, 1.165) is 17.9 Å². The third kappa shape index (κ3) is 5.49. The van der Waals surface area contributed by atoms with Crippen molar-refractivity contribution in [3.8, 4) is 11.5 Å². The number of aliphatic hydroxyl groups is 1. The number of hydrogen-bond donors (Lipinski definition) is 2. The van der Waals surface area contributed by atoms with Crippen LogP contribution in [0.1, 0.15) is 26.3 Å². The fourth-order valence-electron chi connectivity index (χ4n) is 1.66. The molecule has 1 aromatic rings. The number of benzene rings is 1. The van der Waals surface area contributed by atoms with Gasteiger partial charge in [-0.2, -0.15) is 0 Å². The molecule has 1 aromatic carbocycles. The number of aliphatic hydroxyl groups excluding tert-OH is 1. The van der Waals surface area contributed by atoms with Crippen molar-refractivity contribution in [3.05, 3.63) is 23.8 Å². The quantitative estimate of drug-likeness (QED) is 0.758. The summed E-state index contributed by atoms with van der Waals surface area (Å²) in [5, 5.41) is 12.5. The van der Waals surface area contributed by atoms with Crippen LogP contribution in [0.25, 0.3) is 0 Å². The first-order valence-corrected chi connectivity index (χ1v) is 6.70. The molecule has 108 valence electrons. The summed E-state index contributed by atoms with van der Waals surface area (Å²) in [7, 11) is 1.60. The molecular weight excluding hydrogens is 242 g/mol. The molecule has 0 aliphatic heterocycles. The Morgan fingerprint density at radius 1 is 1.21 bits per heavy atom. The van der Waals surface area contributed by atoms with Crippen molar-refractivity contribution < 1.29 is 14.6 Å². The van der Waals surface area contributed by atoms with Crippen molar-refractivity contribution >= 4 is 0 Å². The lowest BCUT2D eigenvalue weighted by Crippen LogP contribution is -2.30. The molecule has 0 heterocycles. The monoisotopic (exact) mass is 267 g/mol. The van der Waals surface area contributed by atoms with E-state index < -0.39 is 0 Å². The summed E-state index contributed by atoms with van der Waals surface area (Å²) in [6.07, 6.45) is 0. The average Bonchev–Trinajstić information content (AvgIpc) is 2.42. The van der Waals surface area contributed by atoms with Crippen LogP contribution in [0, 0.1) is 5.92 Å². The fourth-order valence-corrected chi connectivity index (χ4v) is 1.66. The highest BCUT2D eigenvalue weighted by Gasteiger charge is 2.08. The van der Waals surface area contributed by atoms with Crippen LogP contribution in [-0.4, -0.2) is 31.4 Å². The second-order valence-electron chi connectivity index (χ2n) is 5.12. The lowest BCUT2D eigenvalue weighted by Gasteiger charge is -2.17. The molecule has 1 unspecified atom stereocenters. The predicted molar refractivity (Wildman–Crippen MR) is 76.7 cm³/mol. The van der Waals surface area contributed by atoms with Gasteiger partial charge in [-0.05, 0) is 17.7 Å². The molecule has 0 spiro atoms. The highest BCUT2D eigenvalue weighted by molar-refractivity contribution is 5.42. The summed E-state index contributed by atoms with van der Waals surface area (Å²) in [4.78, 5) is 0. The Balaban J connectivity index is 2.52.